The first-order valence-corrected chi connectivity index (χ1v) is 10.7. The van der Waals surface area contributed by atoms with Crippen molar-refractivity contribution in [2.45, 2.75) is 11.4 Å². The Balaban J connectivity index is 2.07. The first-order valence-electron chi connectivity index (χ1n) is 7.46. The molecule has 9 heteroatoms. The van der Waals surface area contributed by atoms with E-state index in [-0.39, 0.29) is 4.90 Å². The Hall–Kier alpha value is -2.33. The van der Waals surface area contributed by atoms with Crippen molar-refractivity contribution in [2.24, 2.45) is 10.1 Å². The molecular formula is C17H15N3O3S3. The van der Waals surface area contributed by atoms with Gasteiger partial charge in [0.15, 0.2) is 4.80 Å². The number of carbonyl (C=O) groups excluding carboxylic acids is 1. The van der Waals surface area contributed by atoms with Gasteiger partial charge in [0.05, 0.1) is 15.1 Å². The van der Waals surface area contributed by atoms with Crippen molar-refractivity contribution in [3.63, 3.8) is 0 Å². The molecule has 134 valence electrons. The van der Waals surface area contributed by atoms with Gasteiger partial charge in [0.1, 0.15) is 0 Å². The van der Waals surface area contributed by atoms with E-state index in [0.717, 1.165) is 10.4 Å². The highest BCUT2D eigenvalue weighted by Crippen LogP contribution is 2.21. The van der Waals surface area contributed by atoms with Crippen molar-refractivity contribution in [1.82, 2.24) is 4.57 Å². The average Bonchev–Trinajstić information content (AvgIpc) is 3.20. The number of benzene rings is 1. The van der Waals surface area contributed by atoms with Crippen LogP contribution >= 0.6 is 22.7 Å². The number of nitrogens with two attached hydrogens (primary N) is 1. The predicted molar refractivity (Wildman–Crippen MR) is 105 cm³/mol. The summed E-state index contributed by atoms with van der Waals surface area (Å²) in [4.78, 5) is 17.8. The zero-order valence-electron chi connectivity index (χ0n) is 13.5. The highest BCUT2D eigenvalue weighted by atomic mass is 32.2. The first kappa shape index (κ1) is 18.5. The Kier molecular flexibility index (Phi) is 5.33. The molecule has 6 nitrogen and oxygen atoms in total. The molecule has 0 unspecified atom stereocenters. The van der Waals surface area contributed by atoms with Gasteiger partial charge in [0.2, 0.25) is 10.0 Å². The predicted octanol–water partition coefficient (Wildman–Crippen LogP) is 2.74. The van der Waals surface area contributed by atoms with Crippen LogP contribution in [0.3, 0.4) is 0 Å². The Morgan fingerprint density at radius 2 is 2.15 bits per heavy atom. The van der Waals surface area contributed by atoms with Crippen LogP contribution in [0, 0.1) is 0 Å². The summed E-state index contributed by atoms with van der Waals surface area (Å²) in [5.74, 6) is -0.394. The molecule has 0 aliphatic heterocycles. The van der Waals surface area contributed by atoms with Crippen LogP contribution in [0.5, 0.6) is 0 Å². The van der Waals surface area contributed by atoms with Gasteiger partial charge in [-0.1, -0.05) is 23.5 Å². The molecule has 0 saturated carbocycles. The number of sulfonamides is 1. The molecule has 3 aromatic rings. The molecule has 0 bridgehead atoms. The summed E-state index contributed by atoms with van der Waals surface area (Å²) in [7, 11) is -3.80. The molecule has 0 aliphatic rings. The number of hydrogen-bond donors (Lipinski definition) is 1. The van der Waals surface area contributed by atoms with Gasteiger partial charge in [-0.3, -0.25) is 4.79 Å². The molecule has 3 rings (SSSR count). The van der Waals surface area contributed by atoms with Gasteiger partial charge in [0.25, 0.3) is 5.91 Å². The van der Waals surface area contributed by atoms with Crippen LogP contribution in [0.15, 0.2) is 64.3 Å². The van der Waals surface area contributed by atoms with Gasteiger partial charge in [-0.2, -0.15) is 4.99 Å². The number of hydrogen-bond acceptors (Lipinski definition) is 5. The van der Waals surface area contributed by atoms with Crippen LogP contribution < -0.4 is 9.94 Å². The summed E-state index contributed by atoms with van der Waals surface area (Å²) in [5.41, 5.74) is 0.760. The average molecular weight is 406 g/mol. The van der Waals surface area contributed by atoms with E-state index in [4.69, 9.17) is 5.14 Å². The van der Waals surface area contributed by atoms with Crippen LogP contribution in [-0.4, -0.2) is 18.9 Å². The number of nitrogens with zero attached hydrogens (tertiary/aromatic N) is 2. The second-order valence-electron chi connectivity index (χ2n) is 5.26. The number of allylic oxidation sites excluding steroid dienone is 1. The normalized spacial score (nSPS) is 12.9. The number of carbonyl (C=O) groups is 1. The Bertz CT molecular complexity index is 1170. The molecule has 1 amide bonds. The van der Waals surface area contributed by atoms with Gasteiger partial charge in [0, 0.05) is 17.5 Å². The Morgan fingerprint density at radius 3 is 2.81 bits per heavy atom. The summed E-state index contributed by atoms with van der Waals surface area (Å²) >= 11 is 2.75. The van der Waals surface area contributed by atoms with Crippen molar-refractivity contribution in [3.8, 4) is 0 Å². The fraction of sp³-hybridized carbons (Fsp3) is 0.0588. The van der Waals surface area contributed by atoms with Gasteiger partial charge in [-0.25, -0.2) is 13.6 Å². The lowest BCUT2D eigenvalue weighted by atomic mass is 10.3. The molecule has 0 spiro atoms. The zero-order valence-corrected chi connectivity index (χ0v) is 16.0. The summed E-state index contributed by atoms with van der Waals surface area (Å²) in [6.45, 7) is 4.16. The van der Waals surface area contributed by atoms with Gasteiger partial charge in [-0.15, -0.1) is 17.9 Å². The van der Waals surface area contributed by atoms with Gasteiger partial charge in [-0.05, 0) is 35.7 Å². The first-order chi connectivity index (χ1) is 12.4. The topological polar surface area (TPSA) is 94.5 Å². The molecule has 0 saturated heterocycles. The summed E-state index contributed by atoms with van der Waals surface area (Å²) < 4.78 is 25.6. The molecule has 2 heterocycles. The molecule has 2 N–H and O–H groups in total. The number of fused-ring (bicyclic) bond motifs is 1. The minimum absolute atomic E-state index is 0.0208. The van der Waals surface area contributed by atoms with Crippen molar-refractivity contribution in [3.05, 3.63) is 64.1 Å². The smallest absolute Gasteiger partial charge is 0.272 e. The van der Waals surface area contributed by atoms with E-state index in [1.54, 1.807) is 22.8 Å². The molecular weight excluding hydrogens is 390 g/mol. The third kappa shape index (κ3) is 4.07. The molecule has 26 heavy (non-hydrogen) atoms. The van der Waals surface area contributed by atoms with Crippen LogP contribution in [0.1, 0.15) is 4.88 Å². The third-order valence-corrected chi connectivity index (χ3v) is 6.22. The van der Waals surface area contributed by atoms with Crippen LogP contribution in [0.4, 0.5) is 0 Å². The van der Waals surface area contributed by atoms with E-state index in [1.807, 2.05) is 17.5 Å². The number of amides is 1. The van der Waals surface area contributed by atoms with Gasteiger partial charge >= 0.3 is 0 Å². The minimum Gasteiger partial charge on any atom is -0.312 e. The monoisotopic (exact) mass is 405 g/mol. The SMILES string of the molecule is C=CCn1c(=NC(=O)/C=C/c2cccs2)sc2cc(S(N)(=O)=O)ccc21. The number of primary sulfonamides is 1. The highest BCUT2D eigenvalue weighted by Gasteiger charge is 2.12. The standard InChI is InChI=1S/C17H15N3O3S3/c1-2-9-20-14-7-6-13(26(18,22)23)11-15(14)25-17(20)19-16(21)8-5-12-4-3-10-24-12/h2-8,10-11H,1,9H2,(H2,18,22,23)/b8-5+,19-17?. The third-order valence-electron chi connectivity index (χ3n) is 3.43. The lowest BCUT2D eigenvalue weighted by Crippen LogP contribution is -2.15. The van der Waals surface area contributed by atoms with Crippen LogP contribution in [0.25, 0.3) is 16.3 Å². The van der Waals surface area contributed by atoms with Crippen molar-refractivity contribution in [1.29, 1.82) is 0 Å². The summed E-state index contributed by atoms with van der Waals surface area (Å²) in [6.07, 6.45) is 4.80. The highest BCUT2D eigenvalue weighted by molar-refractivity contribution is 7.89. The molecule has 0 atom stereocenters. The van der Waals surface area contributed by atoms with Gasteiger partial charge < -0.3 is 4.57 Å². The van der Waals surface area contributed by atoms with E-state index in [9.17, 15) is 13.2 Å². The van der Waals surface area contributed by atoms with E-state index in [0.29, 0.717) is 16.0 Å². The maximum absolute atomic E-state index is 12.2. The quantitative estimate of drug-likeness (QED) is 0.522. The second-order valence-corrected chi connectivity index (χ2v) is 8.81. The maximum Gasteiger partial charge on any atom is 0.272 e. The van der Waals surface area contributed by atoms with Crippen molar-refractivity contribution >= 4 is 54.9 Å². The number of aromatic nitrogens is 1. The lowest BCUT2D eigenvalue weighted by molar-refractivity contribution is -0.113. The number of rotatable bonds is 5. The van der Waals surface area contributed by atoms with E-state index in [2.05, 4.69) is 11.6 Å². The molecule has 2 aromatic heterocycles. The number of thiophene rings is 1. The van der Waals surface area contributed by atoms with Crippen molar-refractivity contribution < 1.29 is 13.2 Å². The summed E-state index contributed by atoms with van der Waals surface area (Å²) in [5, 5.41) is 7.11. The molecule has 0 radical (unpaired) electrons. The van der Waals surface area contributed by atoms with E-state index in [1.165, 1.54) is 40.9 Å². The van der Waals surface area contributed by atoms with Crippen LogP contribution in [-0.2, 0) is 21.4 Å². The van der Waals surface area contributed by atoms with E-state index >= 15 is 0 Å². The largest absolute Gasteiger partial charge is 0.312 e. The molecule has 0 aliphatic carbocycles. The van der Waals surface area contributed by atoms with Crippen molar-refractivity contribution in [2.75, 3.05) is 0 Å². The fourth-order valence-electron chi connectivity index (χ4n) is 2.29. The Morgan fingerprint density at radius 1 is 1.35 bits per heavy atom. The molecule has 0 fully saturated rings. The minimum atomic E-state index is -3.80. The van der Waals surface area contributed by atoms with E-state index < -0.39 is 15.9 Å². The summed E-state index contributed by atoms with van der Waals surface area (Å²) in [6, 6.07) is 8.38. The zero-order chi connectivity index (χ0) is 18.7. The number of thiazole rings is 1. The molecule has 1 aromatic carbocycles. The lowest BCUT2D eigenvalue weighted by Gasteiger charge is -2.02. The maximum atomic E-state index is 12.2. The second kappa shape index (κ2) is 7.50. The fourth-order valence-corrected chi connectivity index (χ4v) is 4.61. The van der Waals surface area contributed by atoms with Crippen LogP contribution in [0.2, 0.25) is 0 Å². The Labute approximate surface area is 158 Å².